The van der Waals surface area contributed by atoms with Crippen LogP contribution in [0.1, 0.15) is 39.0 Å². The number of hydrogen-bond donors (Lipinski definition) is 1. The third-order valence-corrected chi connectivity index (χ3v) is 3.54. The molecule has 6 heteroatoms. The third-order valence-electron chi connectivity index (χ3n) is 3.54. The Morgan fingerprint density at radius 3 is 2.38 bits per heavy atom. The van der Waals surface area contributed by atoms with E-state index >= 15 is 0 Å². The van der Waals surface area contributed by atoms with Crippen molar-refractivity contribution in [2.75, 3.05) is 13.7 Å². The van der Waals surface area contributed by atoms with E-state index in [1.165, 1.54) is 17.0 Å². The zero-order valence-electron chi connectivity index (χ0n) is 13.9. The van der Waals surface area contributed by atoms with Gasteiger partial charge in [-0.3, -0.25) is 4.79 Å². The van der Waals surface area contributed by atoms with Gasteiger partial charge in [-0.2, -0.15) is 0 Å². The number of amides is 1. The molecule has 6 nitrogen and oxygen atoms in total. The maximum absolute atomic E-state index is 12.4. The molecule has 0 aliphatic carbocycles. The molecule has 0 unspecified atom stereocenters. The fraction of sp³-hybridized carbons (Fsp3) is 0.278. The maximum Gasteiger partial charge on any atom is 0.337 e. The molecule has 2 aromatic rings. The monoisotopic (exact) mass is 328 g/mol. The molecule has 1 aromatic carbocycles. The summed E-state index contributed by atoms with van der Waals surface area (Å²) in [7, 11) is 1.68. The summed E-state index contributed by atoms with van der Waals surface area (Å²) in [6, 6.07) is 10.4. The highest BCUT2D eigenvalue weighted by Crippen LogP contribution is 2.15. The molecular formula is C18H20N2O4. The number of carbonyl (C=O) groups is 2. The Bertz CT molecular complexity index is 741. The molecule has 0 radical (unpaired) electrons. The van der Waals surface area contributed by atoms with Gasteiger partial charge in [0, 0.05) is 13.6 Å². The molecule has 0 fully saturated rings. The van der Waals surface area contributed by atoms with Gasteiger partial charge in [-0.25, -0.2) is 9.78 Å². The molecule has 1 aromatic heterocycles. The Labute approximate surface area is 140 Å². The fourth-order valence-corrected chi connectivity index (χ4v) is 2.31. The summed E-state index contributed by atoms with van der Waals surface area (Å²) < 4.78 is 5.39. The number of ether oxygens (including phenoxy) is 1. The summed E-state index contributed by atoms with van der Waals surface area (Å²) in [5, 5.41) is 9.01. The van der Waals surface area contributed by atoms with Crippen molar-refractivity contribution in [3.63, 3.8) is 0 Å². The molecule has 1 N–H and O–H groups in total. The van der Waals surface area contributed by atoms with E-state index in [1.807, 2.05) is 31.2 Å². The molecule has 0 atom stereocenters. The molecule has 0 bridgehead atoms. The van der Waals surface area contributed by atoms with Crippen molar-refractivity contribution in [3.8, 4) is 5.75 Å². The number of pyridine rings is 1. The normalized spacial score (nSPS) is 10.3. The Morgan fingerprint density at radius 2 is 1.83 bits per heavy atom. The first kappa shape index (κ1) is 17.5. The first-order valence-electron chi connectivity index (χ1n) is 7.60. The van der Waals surface area contributed by atoms with Crippen LogP contribution in [0.4, 0.5) is 0 Å². The van der Waals surface area contributed by atoms with Gasteiger partial charge in [-0.05, 0) is 43.7 Å². The second-order valence-corrected chi connectivity index (χ2v) is 5.37. The summed E-state index contributed by atoms with van der Waals surface area (Å²) in [5.41, 5.74) is 1.61. The molecule has 0 saturated carbocycles. The van der Waals surface area contributed by atoms with E-state index in [9.17, 15) is 9.59 Å². The maximum atomic E-state index is 12.4. The lowest BCUT2D eigenvalue weighted by molar-refractivity contribution is 0.0693. The number of carbonyl (C=O) groups excluding carboxylic acids is 1. The fourth-order valence-electron chi connectivity index (χ4n) is 2.31. The van der Waals surface area contributed by atoms with Gasteiger partial charge >= 0.3 is 5.97 Å². The summed E-state index contributed by atoms with van der Waals surface area (Å²) in [4.78, 5) is 29.1. The Balaban J connectivity index is 2.09. The predicted octanol–water partition coefficient (Wildman–Crippen LogP) is 2.76. The first-order chi connectivity index (χ1) is 11.4. The molecule has 126 valence electrons. The third kappa shape index (κ3) is 4.10. The van der Waals surface area contributed by atoms with Crippen molar-refractivity contribution in [3.05, 3.63) is 58.9 Å². The van der Waals surface area contributed by atoms with E-state index in [4.69, 9.17) is 9.84 Å². The second-order valence-electron chi connectivity index (χ2n) is 5.37. The van der Waals surface area contributed by atoms with E-state index in [1.54, 1.807) is 14.0 Å². The van der Waals surface area contributed by atoms with Crippen molar-refractivity contribution in [1.29, 1.82) is 0 Å². The molecule has 0 aliphatic heterocycles. The molecule has 1 heterocycles. The Hall–Kier alpha value is -2.89. The van der Waals surface area contributed by atoms with Crippen LogP contribution < -0.4 is 4.74 Å². The number of benzene rings is 1. The summed E-state index contributed by atoms with van der Waals surface area (Å²) >= 11 is 0. The molecule has 1 amide bonds. The molecule has 0 spiro atoms. The van der Waals surface area contributed by atoms with Crippen LogP contribution in [-0.4, -0.2) is 40.5 Å². The van der Waals surface area contributed by atoms with Gasteiger partial charge in [0.25, 0.3) is 5.91 Å². The lowest BCUT2D eigenvalue weighted by atomic mass is 10.1. The number of nitrogens with zero attached hydrogens (tertiary/aromatic N) is 2. The first-order valence-corrected chi connectivity index (χ1v) is 7.60. The second kappa shape index (κ2) is 7.59. The van der Waals surface area contributed by atoms with Crippen molar-refractivity contribution in [2.24, 2.45) is 0 Å². The van der Waals surface area contributed by atoms with Crippen molar-refractivity contribution < 1.29 is 19.4 Å². The average Bonchev–Trinajstić information content (AvgIpc) is 2.55. The smallest absolute Gasteiger partial charge is 0.337 e. The van der Waals surface area contributed by atoms with E-state index in [-0.39, 0.29) is 17.2 Å². The Kier molecular flexibility index (Phi) is 5.52. The average molecular weight is 328 g/mol. The van der Waals surface area contributed by atoms with E-state index in [2.05, 4.69) is 4.98 Å². The van der Waals surface area contributed by atoms with Crippen molar-refractivity contribution >= 4 is 11.9 Å². The van der Waals surface area contributed by atoms with Gasteiger partial charge in [0.2, 0.25) is 0 Å². The molecule has 0 saturated heterocycles. The predicted molar refractivity (Wildman–Crippen MR) is 89.3 cm³/mol. The van der Waals surface area contributed by atoms with Crippen LogP contribution in [-0.2, 0) is 6.54 Å². The lowest BCUT2D eigenvalue weighted by Gasteiger charge is -2.17. The number of rotatable bonds is 6. The standard InChI is InChI=1S/C18H20N2O4/c1-4-24-14-7-5-13(6-8-14)11-20(3)17(21)16-10-9-15(18(22)23)12(2)19-16/h5-10H,4,11H2,1-3H3,(H,22,23). The zero-order chi connectivity index (χ0) is 17.7. The van der Waals surface area contributed by atoms with Crippen molar-refractivity contribution in [1.82, 2.24) is 9.88 Å². The van der Waals surface area contributed by atoms with Crippen LogP contribution in [0.5, 0.6) is 5.75 Å². The van der Waals surface area contributed by atoms with E-state index in [0.29, 0.717) is 18.8 Å². The van der Waals surface area contributed by atoms with Gasteiger partial charge in [0.05, 0.1) is 17.9 Å². The van der Waals surface area contributed by atoms with Crippen LogP contribution in [0.3, 0.4) is 0 Å². The van der Waals surface area contributed by atoms with Gasteiger partial charge in [0.15, 0.2) is 0 Å². The highest BCUT2D eigenvalue weighted by molar-refractivity contribution is 5.94. The van der Waals surface area contributed by atoms with E-state index < -0.39 is 5.97 Å². The number of hydrogen-bond acceptors (Lipinski definition) is 4. The number of aryl methyl sites for hydroxylation is 1. The summed E-state index contributed by atoms with van der Waals surface area (Å²) in [6.07, 6.45) is 0. The van der Waals surface area contributed by atoms with Gasteiger partial charge < -0.3 is 14.7 Å². The SMILES string of the molecule is CCOc1ccc(CN(C)C(=O)c2ccc(C(=O)O)c(C)n2)cc1. The highest BCUT2D eigenvalue weighted by atomic mass is 16.5. The van der Waals surface area contributed by atoms with Gasteiger partial charge in [-0.1, -0.05) is 12.1 Å². The van der Waals surface area contributed by atoms with E-state index in [0.717, 1.165) is 11.3 Å². The highest BCUT2D eigenvalue weighted by Gasteiger charge is 2.16. The van der Waals surface area contributed by atoms with Crippen LogP contribution >= 0.6 is 0 Å². The van der Waals surface area contributed by atoms with Gasteiger partial charge in [0.1, 0.15) is 11.4 Å². The minimum atomic E-state index is -1.05. The quantitative estimate of drug-likeness (QED) is 0.882. The summed E-state index contributed by atoms with van der Waals surface area (Å²) in [5.74, 6) is -0.526. The van der Waals surface area contributed by atoms with Crippen LogP contribution in [0.15, 0.2) is 36.4 Å². The van der Waals surface area contributed by atoms with Gasteiger partial charge in [-0.15, -0.1) is 0 Å². The number of aromatic carboxylic acids is 1. The molecular weight excluding hydrogens is 308 g/mol. The molecule has 0 aliphatic rings. The minimum Gasteiger partial charge on any atom is -0.494 e. The van der Waals surface area contributed by atoms with Crippen LogP contribution in [0.2, 0.25) is 0 Å². The topological polar surface area (TPSA) is 79.7 Å². The number of carboxylic acids is 1. The van der Waals surface area contributed by atoms with Crippen LogP contribution in [0, 0.1) is 6.92 Å². The largest absolute Gasteiger partial charge is 0.494 e. The molecule has 2 rings (SSSR count). The lowest BCUT2D eigenvalue weighted by Crippen LogP contribution is -2.27. The minimum absolute atomic E-state index is 0.0979. The molecule has 24 heavy (non-hydrogen) atoms. The Morgan fingerprint density at radius 1 is 1.17 bits per heavy atom. The number of aromatic nitrogens is 1. The summed E-state index contributed by atoms with van der Waals surface area (Å²) in [6.45, 7) is 4.53. The number of carboxylic acid groups (broad SMARTS) is 1. The zero-order valence-corrected chi connectivity index (χ0v) is 13.9. The van der Waals surface area contributed by atoms with Crippen molar-refractivity contribution in [2.45, 2.75) is 20.4 Å². The van der Waals surface area contributed by atoms with Crippen LogP contribution in [0.25, 0.3) is 0 Å².